The fourth-order valence-corrected chi connectivity index (χ4v) is 5.46. The number of nitrogens with zero attached hydrogens (tertiary/aromatic N) is 3. The highest BCUT2D eigenvalue weighted by Gasteiger charge is 2.34. The molecule has 0 aromatic heterocycles. The van der Waals surface area contributed by atoms with E-state index in [0.717, 1.165) is 14.9 Å². The van der Waals surface area contributed by atoms with Gasteiger partial charge in [0.1, 0.15) is 11.5 Å². The lowest BCUT2D eigenvalue weighted by atomic mass is 9.78. The molecular formula is C28H31BN4O6S. The zero-order chi connectivity index (χ0) is 29.4. The van der Waals surface area contributed by atoms with Gasteiger partial charge in [0.05, 0.1) is 29.3 Å². The number of methoxy groups -OCH3 is 1. The summed E-state index contributed by atoms with van der Waals surface area (Å²) >= 11 is 0. The third-order valence-corrected chi connectivity index (χ3v) is 8.20. The summed E-state index contributed by atoms with van der Waals surface area (Å²) in [4.78, 5) is 27.1. The van der Waals surface area contributed by atoms with Crippen molar-refractivity contribution in [1.82, 2.24) is 14.8 Å². The van der Waals surface area contributed by atoms with Gasteiger partial charge in [-0.3, -0.25) is 15.0 Å². The van der Waals surface area contributed by atoms with Crippen molar-refractivity contribution < 1.29 is 27.9 Å². The van der Waals surface area contributed by atoms with Crippen molar-refractivity contribution in [3.63, 3.8) is 0 Å². The molecule has 1 heterocycles. The Balaban J connectivity index is 1.65. The van der Waals surface area contributed by atoms with Crippen LogP contribution in [0.15, 0.2) is 64.6 Å². The van der Waals surface area contributed by atoms with Gasteiger partial charge in [-0.15, -0.1) is 0 Å². The predicted octanol–water partition coefficient (Wildman–Crippen LogP) is 2.62. The number of phenols is 1. The SMILES string of the molecule is COc1cccc(C(=O)NN(C(=O)c2cc3c(cc2O)C=NN(S(=O)(=O)c2ccc(C)cc2)B3)C(C)(C)C)c1C. The highest BCUT2D eigenvalue weighted by atomic mass is 32.2. The Morgan fingerprint density at radius 1 is 1.05 bits per heavy atom. The average molecular weight is 562 g/mol. The average Bonchev–Trinajstić information content (AvgIpc) is 2.90. The van der Waals surface area contributed by atoms with Gasteiger partial charge in [0.2, 0.25) is 0 Å². The largest absolute Gasteiger partial charge is 0.507 e. The molecule has 1 aliphatic heterocycles. The first kappa shape index (κ1) is 28.7. The second kappa shape index (κ2) is 10.7. The van der Waals surface area contributed by atoms with Crippen LogP contribution in [0.25, 0.3) is 0 Å². The molecule has 40 heavy (non-hydrogen) atoms. The number of aromatic hydroxyl groups is 1. The van der Waals surface area contributed by atoms with Crippen LogP contribution < -0.4 is 15.6 Å². The first-order chi connectivity index (χ1) is 18.7. The molecule has 0 spiro atoms. The fourth-order valence-electron chi connectivity index (χ4n) is 4.26. The molecule has 10 nitrogen and oxygen atoms in total. The molecule has 0 radical (unpaired) electrons. The van der Waals surface area contributed by atoms with Gasteiger partial charge < -0.3 is 9.84 Å². The minimum Gasteiger partial charge on any atom is -0.507 e. The number of rotatable bonds is 5. The van der Waals surface area contributed by atoms with Crippen molar-refractivity contribution in [2.24, 2.45) is 5.10 Å². The van der Waals surface area contributed by atoms with Crippen molar-refractivity contribution in [3.8, 4) is 11.5 Å². The van der Waals surface area contributed by atoms with E-state index in [9.17, 15) is 23.1 Å². The van der Waals surface area contributed by atoms with Crippen LogP contribution in [0.5, 0.6) is 11.5 Å². The molecule has 0 fully saturated rings. The number of hydrogen-bond acceptors (Lipinski definition) is 7. The van der Waals surface area contributed by atoms with Gasteiger partial charge >= 0.3 is 7.41 Å². The number of amides is 2. The molecule has 0 unspecified atom stereocenters. The van der Waals surface area contributed by atoms with Gasteiger partial charge in [0.25, 0.3) is 21.8 Å². The number of hydrazone groups is 1. The van der Waals surface area contributed by atoms with Crippen LogP contribution in [0.3, 0.4) is 0 Å². The summed E-state index contributed by atoms with van der Waals surface area (Å²) in [6.45, 7) is 8.81. The minimum absolute atomic E-state index is 0.0863. The van der Waals surface area contributed by atoms with Crippen LogP contribution in [0, 0.1) is 13.8 Å². The lowest BCUT2D eigenvalue weighted by Crippen LogP contribution is -2.56. The van der Waals surface area contributed by atoms with Crippen LogP contribution in [0.4, 0.5) is 0 Å². The van der Waals surface area contributed by atoms with Crippen LogP contribution >= 0.6 is 0 Å². The maximum atomic E-state index is 13.8. The maximum Gasteiger partial charge on any atom is 0.316 e. The molecule has 3 aromatic carbocycles. The Morgan fingerprint density at radius 3 is 2.35 bits per heavy atom. The number of hydrazine groups is 1. The van der Waals surface area contributed by atoms with E-state index >= 15 is 0 Å². The molecular weight excluding hydrogens is 531 g/mol. The monoisotopic (exact) mass is 562 g/mol. The van der Waals surface area contributed by atoms with Gasteiger partial charge in [-0.25, -0.2) is 17.8 Å². The maximum absolute atomic E-state index is 13.8. The Morgan fingerprint density at radius 2 is 1.73 bits per heavy atom. The standard InChI is InChI=1S/C28H31BN4O6S/c1-17-10-12-20(13-11-17)40(37,38)33-29-23-15-22(24(34)14-19(23)16-30-33)27(36)32(28(3,4)5)31-26(35)21-8-7-9-25(39-6)18(21)2/h7-16,29,34H,1-6H3,(H,31,35). The highest BCUT2D eigenvalue weighted by molar-refractivity contribution is 7.90. The van der Waals surface area contributed by atoms with Crippen LogP contribution in [-0.4, -0.2) is 61.0 Å². The Bertz CT molecular complexity index is 1610. The van der Waals surface area contributed by atoms with E-state index in [1.54, 1.807) is 58.0 Å². The molecule has 2 amide bonds. The lowest BCUT2D eigenvalue weighted by Gasteiger charge is -2.36. The number of ether oxygens (including phenoxy) is 1. The van der Waals surface area contributed by atoms with E-state index in [4.69, 9.17) is 4.74 Å². The molecule has 12 heteroatoms. The van der Waals surface area contributed by atoms with Crippen LogP contribution in [0.1, 0.15) is 58.2 Å². The quantitative estimate of drug-likeness (QED) is 0.364. The molecule has 2 N–H and O–H groups in total. The third kappa shape index (κ3) is 5.53. The number of carbonyl (C=O) groups excluding carboxylic acids is 2. The number of carbonyl (C=O) groups is 2. The van der Waals surface area contributed by atoms with Gasteiger partial charge in [-0.2, -0.15) is 5.10 Å². The Hall–Kier alpha value is -4.32. The molecule has 0 saturated carbocycles. The van der Waals surface area contributed by atoms with E-state index in [-0.39, 0.29) is 23.6 Å². The van der Waals surface area contributed by atoms with Gasteiger partial charge in [-0.1, -0.05) is 23.8 Å². The first-order valence-electron chi connectivity index (χ1n) is 12.5. The van der Waals surface area contributed by atoms with Crippen LogP contribution in [0.2, 0.25) is 0 Å². The van der Waals surface area contributed by atoms with Crippen molar-refractivity contribution >= 4 is 40.9 Å². The Kier molecular flexibility index (Phi) is 7.66. The van der Waals surface area contributed by atoms with E-state index in [0.29, 0.717) is 27.9 Å². The topological polar surface area (TPSA) is 129 Å². The molecule has 208 valence electrons. The summed E-state index contributed by atoms with van der Waals surface area (Å²) in [7, 11) is -2.59. The number of fused-ring (bicyclic) bond motifs is 1. The summed E-state index contributed by atoms with van der Waals surface area (Å²) in [5.74, 6) is -0.997. The van der Waals surface area contributed by atoms with Crippen molar-refractivity contribution in [1.29, 1.82) is 0 Å². The summed E-state index contributed by atoms with van der Waals surface area (Å²) in [5.41, 5.74) is 4.48. The van der Waals surface area contributed by atoms with E-state index < -0.39 is 27.4 Å². The molecule has 0 atom stereocenters. The molecule has 1 aliphatic rings. The first-order valence-corrected chi connectivity index (χ1v) is 14.0. The fraction of sp³-hybridized carbons (Fsp3) is 0.250. The number of benzene rings is 3. The highest BCUT2D eigenvalue weighted by Crippen LogP contribution is 2.26. The number of phenolic OH excluding ortho intramolecular Hbond substituents is 1. The molecule has 4 rings (SSSR count). The van der Waals surface area contributed by atoms with Gasteiger partial charge in [0.15, 0.2) is 0 Å². The van der Waals surface area contributed by atoms with E-state index in [1.807, 2.05) is 6.92 Å². The molecule has 0 bridgehead atoms. The summed E-state index contributed by atoms with van der Waals surface area (Å²) in [6.07, 6.45) is 1.33. The molecule has 3 aromatic rings. The molecule has 0 aliphatic carbocycles. The van der Waals surface area contributed by atoms with Crippen molar-refractivity contribution in [2.45, 2.75) is 45.1 Å². The number of aryl methyl sites for hydroxylation is 1. The number of hydrogen-bond donors (Lipinski definition) is 2. The lowest BCUT2D eigenvalue weighted by molar-refractivity contribution is 0.0356. The third-order valence-electron chi connectivity index (χ3n) is 6.55. The van der Waals surface area contributed by atoms with E-state index in [1.165, 1.54) is 37.6 Å². The zero-order valence-corrected chi connectivity index (χ0v) is 24.0. The minimum atomic E-state index is -3.95. The van der Waals surface area contributed by atoms with Crippen LogP contribution in [-0.2, 0) is 10.0 Å². The van der Waals surface area contributed by atoms with E-state index in [2.05, 4.69) is 10.5 Å². The second-order valence-electron chi connectivity index (χ2n) is 10.5. The van der Waals surface area contributed by atoms with Gasteiger partial charge in [0, 0.05) is 11.1 Å². The molecule has 0 saturated heterocycles. The van der Waals surface area contributed by atoms with Crippen molar-refractivity contribution in [2.75, 3.05) is 7.11 Å². The second-order valence-corrected chi connectivity index (χ2v) is 12.3. The predicted molar refractivity (Wildman–Crippen MR) is 154 cm³/mol. The number of nitrogens with one attached hydrogen (secondary N) is 1. The summed E-state index contributed by atoms with van der Waals surface area (Å²) < 4.78 is 32.6. The Labute approximate surface area is 234 Å². The number of sulfonamides is 1. The summed E-state index contributed by atoms with van der Waals surface area (Å²) in [5, 5.41) is 16.0. The smallest absolute Gasteiger partial charge is 0.316 e. The van der Waals surface area contributed by atoms with Crippen molar-refractivity contribution in [3.05, 3.63) is 82.4 Å². The normalized spacial score (nSPS) is 12.8. The summed E-state index contributed by atoms with van der Waals surface area (Å²) in [6, 6.07) is 14.2. The van der Waals surface area contributed by atoms with Gasteiger partial charge in [-0.05, 0) is 82.0 Å². The zero-order valence-electron chi connectivity index (χ0n) is 23.2.